The molecule has 0 atom stereocenters. The minimum Gasteiger partial charge on any atom is -0.316 e. The Morgan fingerprint density at radius 1 is 1.13 bits per heavy atom. The van der Waals surface area contributed by atoms with Gasteiger partial charge in [0.2, 0.25) is 0 Å². The summed E-state index contributed by atoms with van der Waals surface area (Å²) in [5, 5.41) is 8.93. The van der Waals surface area contributed by atoms with Crippen LogP contribution < -0.4 is 11.1 Å². The molecule has 2 N–H and O–H groups in total. The van der Waals surface area contributed by atoms with Gasteiger partial charge in [-0.25, -0.2) is 0 Å². The SMILES string of the molecule is N#Cc1cc2[nH]c(=O)c(=O)[nH]c2cc1Cl. The van der Waals surface area contributed by atoms with Gasteiger partial charge in [-0.05, 0) is 12.1 Å². The lowest BCUT2D eigenvalue weighted by molar-refractivity contribution is 1.15. The minimum atomic E-state index is -0.756. The van der Waals surface area contributed by atoms with Gasteiger partial charge >= 0.3 is 11.1 Å². The van der Waals surface area contributed by atoms with Gasteiger partial charge in [-0.15, -0.1) is 0 Å². The number of benzene rings is 1. The van der Waals surface area contributed by atoms with Crippen molar-refractivity contribution in [3.05, 3.63) is 43.4 Å². The Hall–Kier alpha value is -2.06. The highest BCUT2D eigenvalue weighted by molar-refractivity contribution is 6.32. The van der Waals surface area contributed by atoms with Crippen LogP contribution in [0.2, 0.25) is 5.02 Å². The number of nitriles is 1. The molecule has 0 aliphatic rings. The van der Waals surface area contributed by atoms with Gasteiger partial charge in [0.15, 0.2) is 0 Å². The van der Waals surface area contributed by atoms with Gasteiger partial charge in [-0.1, -0.05) is 11.6 Å². The Labute approximate surface area is 87.9 Å². The molecule has 0 aliphatic heterocycles. The summed E-state index contributed by atoms with van der Waals surface area (Å²) in [6, 6.07) is 4.71. The maximum absolute atomic E-state index is 11.0. The van der Waals surface area contributed by atoms with E-state index in [4.69, 9.17) is 16.9 Å². The molecule has 0 unspecified atom stereocenters. The first kappa shape index (κ1) is 9.49. The molecule has 0 fully saturated rings. The Morgan fingerprint density at radius 2 is 1.67 bits per heavy atom. The van der Waals surface area contributed by atoms with E-state index in [1.54, 1.807) is 0 Å². The summed E-state index contributed by atoms with van der Waals surface area (Å²) in [7, 11) is 0. The highest BCUT2D eigenvalue weighted by Gasteiger charge is 2.04. The van der Waals surface area contributed by atoms with Crippen LogP contribution in [0.15, 0.2) is 21.7 Å². The van der Waals surface area contributed by atoms with Gasteiger partial charge in [-0.3, -0.25) is 9.59 Å². The van der Waals surface area contributed by atoms with Crippen LogP contribution in [-0.2, 0) is 0 Å². The van der Waals surface area contributed by atoms with Crippen molar-refractivity contribution < 1.29 is 0 Å². The van der Waals surface area contributed by atoms with E-state index in [0.717, 1.165) is 0 Å². The molecule has 1 heterocycles. The Bertz CT molecular complexity index is 693. The third-order valence-corrected chi connectivity index (χ3v) is 2.24. The number of hydrogen-bond donors (Lipinski definition) is 2. The summed E-state index contributed by atoms with van der Waals surface area (Å²) in [6.07, 6.45) is 0. The third kappa shape index (κ3) is 1.51. The van der Waals surface area contributed by atoms with Crippen molar-refractivity contribution in [3.8, 4) is 6.07 Å². The summed E-state index contributed by atoms with van der Waals surface area (Å²) < 4.78 is 0. The van der Waals surface area contributed by atoms with Crippen molar-refractivity contribution in [1.82, 2.24) is 9.97 Å². The molecule has 0 bridgehead atoms. The van der Waals surface area contributed by atoms with Gasteiger partial charge < -0.3 is 9.97 Å². The second-order valence-electron chi connectivity index (χ2n) is 2.90. The summed E-state index contributed by atoms with van der Waals surface area (Å²) in [5.41, 5.74) is -0.493. The topological polar surface area (TPSA) is 89.5 Å². The Balaban J connectivity index is 2.96. The van der Waals surface area contributed by atoms with E-state index in [1.165, 1.54) is 12.1 Å². The monoisotopic (exact) mass is 221 g/mol. The molecule has 0 saturated heterocycles. The van der Waals surface area contributed by atoms with Crippen LogP contribution in [0.4, 0.5) is 0 Å². The molecule has 2 aromatic rings. The zero-order chi connectivity index (χ0) is 11.0. The zero-order valence-electron chi connectivity index (χ0n) is 7.30. The lowest BCUT2D eigenvalue weighted by Crippen LogP contribution is -2.28. The van der Waals surface area contributed by atoms with Crippen LogP contribution in [0.3, 0.4) is 0 Å². The molecule has 1 aromatic heterocycles. The number of fused-ring (bicyclic) bond motifs is 1. The first-order chi connectivity index (χ1) is 7.11. The molecule has 0 radical (unpaired) electrons. The van der Waals surface area contributed by atoms with Gasteiger partial charge in [-0.2, -0.15) is 5.26 Å². The first-order valence-corrected chi connectivity index (χ1v) is 4.35. The fraction of sp³-hybridized carbons (Fsp3) is 0. The summed E-state index contributed by atoms with van der Waals surface area (Å²) in [5.74, 6) is 0. The van der Waals surface area contributed by atoms with Crippen LogP contribution in [-0.4, -0.2) is 9.97 Å². The quantitative estimate of drug-likeness (QED) is 0.643. The lowest BCUT2D eigenvalue weighted by atomic mass is 10.2. The van der Waals surface area contributed by atoms with Crippen molar-refractivity contribution in [1.29, 1.82) is 5.26 Å². The maximum atomic E-state index is 11.0. The number of halogens is 1. The third-order valence-electron chi connectivity index (χ3n) is 1.93. The van der Waals surface area contributed by atoms with Crippen molar-refractivity contribution in [2.75, 3.05) is 0 Å². The molecule has 15 heavy (non-hydrogen) atoms. The van der Waals surface area contributed by atoms with Crippen LogP contribution in [0, 0.1) is 11.3 Å². The number of hydrogen-bond acceptors (Lipinski definition) is 3. The van der Waals surface area contributed by atoms with E-state index in [9.17, 15) is 9.59 Å². The number of aromatic amines is 2. The van der Waals surface area contributed by atoms with Crippen molar-refractivity contribution >= 4 is 22.6 Å². The Morgan fingerprint density at radius 3 is 2.20 bits per heavy atom. The predicted molar refractivity (Wildman–Crippen MR) is 54.9 cm³/mol. The molecule has 0 amide bonds. The summed E-state index contributed by atoms with van der Waals surface area (Å²) >= 11 is 5.76. The van der Waals surface area contributed by atoms with E-state index < -0.39 is 11.1 Å². The largest absolute Gasteiger partial charge is 0.316 e. The number of nitrogens with zero attached hydrogens (tertiary/aromatic N) is 1. The number of aromatic nitrogens is 2. The van der Waals surface area contributed by atoms with Crippen molar-refractivity contribution in [2.45, 2.75) is 0 Å². The zero-order valence-corrected chi connectivity index (χ0v) is 8.05. The average Bonchev–Trinajstić information content (AvgIpc) is 2.20. The number of nitrogens with one attached hydrogen (secondary N) is 2. The van der Waals surface area contributed by atoms with Crippen LogP contribution in [0.1, 0.15) is 5.56 Å². The van der Waals surface area contributed by atoms with Crippen molar-refractivity contribution in [2.24, 2.45) is 0 Å². The van der Waals surface area contributed by atoms with E-state index in [1.807, 2.05) is 6.07 Å². The van der Waals surface area contributed by atoms with Crippen LogP contribution in [0.5, 0.6) is 0 Å². The van der Waals surface area contributed by atoms with E-state index in [2.05, 4.69) is 9.97 Å². The fourth-order valence-corrected chi connectivity index (χ4v) is 1.43. The molecule has 0 saturated carbocycles. The second-order valence-corrected chi connectivity index (χ2v) is 3.30. The normalized spacial score (nSPS) is 10.1. The molecule has 0 aliphatic carbocycles. The van der Waals surface area contributed by atoms with Crippen LogP contribution >= 0.6 is 11.6 Å². The molecular formula is C9H4ClN3O2. The highest BCUT2D eigenvalue weighted by Crippen LogP contribution is 2.19. The summed E-state index contributed by atoms with van der Waals surface area (Å²) in [4.78, 5) is 26.7. The fourth-order valence-electron chi connectivity index (χ4n) is 1.22. The number of H-pyrrole nitrogens is 2. The lowest BCUT2D eigenvalue weighted by Gasteiger charge is -1.99. The molecule has 74 valence electrons. The Kier molecular flexibility index (Phi) is 2.06. The van der Waals surface area contributed by atoms with Gasteiger partial charge in [0, 0.05) is 0 Å². The van der Waals surface area contributed by atoms with Gasteiger partial charge in [0.1, 0.15) is 6.07 Å². The van der Waals surface area contributed by atoms with Gasteiger partial charge in [0.05, 0.1) is 21.6 Å². The van der Waals surface area contributed by atoms with Crippen LogP contribution in [0.25, 0.3) is 11.0 Å². The summed E-state index contributed by atoms with van der Waals surface area (Å²) in [6.45, 7) is 0. The molecule has 5 nitrogen and oxygen atoms in total. The van der Waals surface area contributed by atoms with E-state index in [-0.39, 0.29) is 10.6 Å². The second kappa shape index (κ2) is 3.26. The minimum absolute atomic E-state index is 0.229. The highest BCUT2D eigenvalue weighted by atomic mass is 35.5. The molecular weight excluding hydrogens is 218 g/mol. The van der Waals surface area contributed by atoms with E-state index in [0.29, 0.717) is 11.0 Å². The average molecular weight is 222 g/mol. The molecule has 1 aromatic carbocycles. The van der Waals surface area contributed by atoms with Crippen molar-refractivity contribution in [3.63, 3.8) is 0 Å². The predicted octanol–water partition coefficient (Wildman–Crippen LogP) is 0.741. The number of rotatable bonds is 0. The maximum Gasteiger partial charge on any atom is 0.314 e. The first-order valence-electron chi connectivity index (χ1n) is 3.98. The van der Waals surface area contributed by atoms with Gasteiger partial charge in [0.25, 0.3) is 0 Å². The smallest absolute Gasteiger partial charge is 0.314 e. The van der Waals surface area contributed by atoms with E-state index >= 15 is 0 Å². The standard InChI is InChI=1S/C9H4ClN3O2/c10-5-2-7-6(1-4(5)3-11)12-8(14)9(15)13-7/h1-2H,(H,12,14)(H,13,15). The molecule has 6 heteroatoms. The molecule has 2 rings (SSSR count). The molecule has 0 spiro atoms.